The van der Waals surface area contributed by atoms with Gasteiger partial charge in [0.2, 0.25) is 0 Å². The van der Waals surface area contributed by atoms with Crippen LogP contribution in [0.2, 0.25) is 10.0 Å². The molecular weight excluding hydrogens is 281 g/mol. The van der Waals surface area contributed by atoms with Crippen molar-refractivity contribution in [2.45, 2.75) is 38.6 Å². The lowest BCUT2D eigenvalue weighted by atomic mass is 9.87. The number of benzene rings is 1. The highest BCUT2D eigenvalue weighted by Gasteiger charge is 2.17. The first-order valence-electron chi connectivity index (χ1n) is 6.97. The molecule has 0 saturated heterocycles. The van der Waals surface area contributed by atoms with Crippen molar-refractivity contribution in [2.75, 3.05) is 13.2 Å². The molecule has 0 radical (unpaired) electrons. The molecule has 19 heavy (non-hydrogen) atoms. The van der Waals surface area contributed by atoms with Crippen molar-refractivity contribution in [3.63, 3.8) is 0 Å². The van der Waals surface area contributed by atoms with Gasteiger partial charge in [0.15, 0.2) is 0 Å². The Morgan fingerprint density at radius 1 is 1.21 bits per heavy atom. The fourth-order valence-corrected chi connectivity index (χ4v) is 2.83. The summed E-state index contributed by atoms with van der Waals surface area (Å²) >= 11 is 12.0. The number of halogens is 2. The average Bonchev–Trinajstić information content (AvgIpc) is 2.41. The maximum atomic E-state index is 6.06. The fourth-order valence-electron chi connectivity index (χ4n) is 2.48. The van der Waals surface area contributed by atoms with E-state index in [0.29, 0.717) is 28.4 Å². The van der Waals surface area contributed by atoms with E-state index in [0.717, 1.165) is 12.5 Å². The standard InChI is InChI=1S/C15H21Cl2NO/c1-11-5-7-12(8-6-11)18-9-10-19-14-4-2-3-13(16)15(14)17/h2-4,11-12,18H,5-10H2,1H3. The second-order valence-corrected chi connectivity index (χ2v) is 6.10. The molecule has 1 N–H and O–H groups in total. The van der Waals surface area contributed by atoms with Gasteiger partial charge in [-0.3, -0.25) is 0 Å². The van der Waals surface area contributed by atoms with Crippen molar-refractivity contribution in [3.8, 4) is 5.75 Å². The highest BCUT2D eigenvalue weighted by atomic mass is 35.5. The Labute approximate surface area is 125 Å². The van der Waals surface area contributed by atoms with Crippen LogP contribution in [0.1, 0.15) is 32.6 Å². The summed E-state index contributed by atoms with van der Waals surface area (Å²) in [6, 6.07) is 6.10. The Balaban J connectivity index is 1.68. The molecule has 1 aromatic carbocycles. The van der Waals surface area contributed by atoms with Gasteiger partial charge in [0.05, 0.1) is 5.02 Å². The predicted molar refractivity (Wildman–Crippen MR) is 81.4 cm³/mol. The highest BCUT2D eigenvalue weighted by Crippen LogP contribution is 2.31. The molecule has 0 aliphatic heterocycles. The van der Waals surface area contributed by atoms with E-state index >= 15 is 0 Å². The van der Waals surface area contributed by atoms with Crippen LogP contribution in [0.5, 0.6) is 5.75 Å². The molecular formula is C15H21Cl2NO. The van der Waals surface area contributed by atoms with Crippen LogP contribution in [0.15, 0.2) is 18.2 Å². The van der Waals surface area contributed by atoms with Gasteiger partial charge in [0.1, 0.15) is 17.4 Å². The summed E-state index contributed by atoms with van der Waals surface area (Å²) in [5.74, 6) is 1.55. The third-order valence-corrected chi connectivity index (χ3v) is 4.53. The average molecular weight is 302 g/mol. The van der Waals surface area contributed by atoms with Crippen molar-refractivity contribution in [3.05, 3.63) is 28.2 Å². The lowest BCUT2D eigenvalue weighted by molar-refractivity contribution is 0.270. The number of ether oxygens (including phenoxy) is 1. The lowest BCUT2D eigenvalue weighted by Crippen LogP contribution is -2.35. The van der Waals surface area contributed by atoms with Crippen molar-refractivity contribution in [1.82, 2.24) is 5.32 Å². The lowest BCUT2D eigenvalue weighted by Gasteiger charge is -2.27. The van der Waals surface area contributed by atoms with Gasteiger partial charge in [-0.15, -0.1) is 0 Å². The Morgan fingerprint density at radius 2 is 1.95 bits per heavy atom. The summed E-state index contributed by atoms with van der Waals surface area (Å²) in [7, 11) is 0. The minimum absolute atomic E-state index is 0.496. The molecule has 2 rings (SSSR count). The summed E-state index contributed by atoms with van der Waals surface area (Å²) in [4.78, 5) is 0. The molecule has 0 atom stereocenters. The van der Waals surface area contributed by atoms with Crippen LogP contribution in [0.25, 0.3) is 0 Å². The maximum absolute atomic E-state index is 6.06. The van der Waals surface area contributed by atoms with Crippen LogP contribution in [0.4, 0.5) is 0 Å². The first-order chi connectivity index (χ1) is 9.16. The topological polar surface area (TPSA) is 21.3 Å². The van der Waals surface area contributed by atoms with Crippen LogP contribution in [-0.2, 0) is 0 Å². The summed E-state index contributed by atoms with van der Waals surface area (Å²) in [5.41, 5.74) is 0. The van der Waals surface area contributed by atoms with E-state index in [4.69, 9.17) is 27.9 Å². The molecule has 2 nitrogen and oxygen atoms in total. The van der Waals surface area contributed by atoms with Crippen molar-refractivity contribution in [2.24, 2.45) is 5.92 Å². The largest absolute Gasteiger partial charge is 0.491 e. The number of rotatable bonds is 5. The molecule has 1 saturated carbocycles. The smallest absolute Gasteiger partial charge is 0.139 e. The highest BCUT2D eigenvalue weighted by molar-refractivity contribution is 6.42. The second kappa shape index (κ2) is 7.37. The van der Waals surface area contributed by atoms with E-state index in [1.54, 1.807) is 6.07 Å². The number of hydrogen-bond acceptors (Lipinski definition) is 2. The minimum atomic E-state index is 0.496. The quantitative estimate of drug-likeness (QED) is 0.806. The van der Waals surface area contributed by atoms with Crippen molar-refractivity contribution < 1.29 is 4.74 Å². The summed E-state index contributed by atoms with van der Waals surface area (Å²) in [5, 5.41) is 4.58. The molecule has 0 unspecified atom stereocenters. The van der Waals surface area contributed by atoms with Crippen LogP contribution in [0, 0.1) is 5.92 Å². The normalized spacial score (nSPS) is 23.3. The van der Waals surface area contributed by atoms with Crippen LogP contribution >= 0.6 is 23.2 Å². The molecule has 1 aliphatic carbocycles. The molecule has 0 amide bonds. The second-order valence-electron chi connectivity index (χ2n) is 5.31. The summed E-state index contributed by atoms with van der Waals surface area (Å²) < 4.78 is 5.65. The van der Waals surface area contributed by atoms with Gasteiger partial charge < -0.3 is 10.1 Å². The number of nitrogens with one attached hydrogen (secondary N) is 1. The molecule has 1 fully saturated rings. The van der Waals surface area contributed by atoms with Crippen LogP contribution < -0.4 is 10.1 Å². The molecule has 106 valence electrons. The van der Waals surface area contributed by atoms with Gasteiger partial charge in [0.25, 0.3) is 0 Å². The molecule has 0 heterocycles. The monoisotopic (exact) mass is 301 g/mol. The van der Waals surface area contributed by atoms with Gasteiger partial charge in [-0.05, 0) is 43.7 Å². The van der Waals surface area contributed by atoms with Gasteiger partial charge in [0, 0.05) is 12.6 Å². The first-order valence-corrected chi connectivity index (χ1v) is 7.72. The molecule has 0 bridgehead atoms. The van der Waals surface area contributed by atoms with E-state index in [1.807, 2.05) is 12.1 Å². The van der Waals surface area contributed by atoms with E-state index in [-0.39, 0.29) is 0 Å². The van der Waals surface area contributed by atoms with Crippen LogP contribution in [0.3, 0.4) is 0 Å². The molecule has 1 aromatic rings. The third-order valence-electron chi connectivity index (χ3n) is 3.72. The zero-order chi connectivity index (χ0) is 13.7. The Bertz CT molecular complexity index is 403. The van der Waals surface area contributed by atoms with E-state index in [1.165, 1.54) is 25.7 Å². The van der Waals surface area contributed by atoms with E-state index in [9.17, 15) is 0 Å². The van der Waals surface area contributed by atoms with Gasteiger partial charge in [-0.25, -0.2) is 0 Å². The van der Waals surface area contributed by atoms with E-state index in [2.05, 4.69) is 12.2 Å². The van der Waals surface area contributed by atoms with Gasteiger partial charge in [-0.2, -0.15) is 0 Å². The minimum Gasteiger partial charge on any atom is -0.491 e. The van der Waals surface area contributed by atoms with Crippen LogP contribution in [-0.4, -0.2) is 19.2 Å². The van der Waals surface area contributed by atoms with E-state index < -0.39 is 0 Å². The van der Waals surface area contributed by atoms with Crippen molar-refractivity contribution >= 4 is 23.2 Å². The Kier molecular flexibility index (Phi) is 5.80. The predicted octanol–water partition coefficient (Wildman–Crippen LogP) is 4.54. The zero-order valence-electron chi connectivity index (χ0n) is 11.3. The molecule has 4 heteroatoms. The molecule has 1 aliphatic rings. The zero-order valence-corrected chi connectivity index (χ0v) is 12.8. The van der Waals surface area contributed by atoms with Crippen molar-refractivity contribution in [1.29, 1.82) is 0 Å². The maximum Gasteiger partial charge on any atom is 0.139 e. The fraction of sp³-hybridized carbons (Fsp3) is 0.600. The van der Waals surface area contributed by atoms with Gasteiger partial charge >= 0.3 is 0 Å². The Morgan fingerprint density at radius 3 is 2.68 bits per heavy atom. The third kappa shape index (κ3) is 4.55. The summed E-state index contributed by atoms with van der Waals surface area (Å²) in [6.45, 7) is 3.80. The van der Waals surface area contributed by atoms with Gasteiger partial charge in [-0.1, -0.05) is 36.2 Å². The summed E-state index contributed by atoms with van der Waals surface area (Å²) in [6.07, 6.45) is 5.22. The number of hydrogen-bond donors (Lipinski definition) is 1. The molecule has 0 aromatic heterocycles. The SMILES string of the molecule is CC1CCC(NCCOc2cccc(Cl)c2Cl)CC1. The Hall–Kier alpha value is -0.440. The molecule has 0 spiro atoms. The first kappa shape index (κ1) is 15.0.